The van der Waals surface area contributed by atoms with Crippen LogP contribution in [-0.4, -0.2) is 56.0 Å². The highest BCUT2D eigenvalue weighted by atomic mass is 16.6. The second-order valence-corrected chi connectivity index (χ2v) is 6.66. The molecule has 0 atom stereocenters. The van der Waals surface area contributed by atoms with Gasteiger partial charge in [-0.15, -0.1) is 0 Å². The number of rotatable bonds is 7. The molecule has 1 saturated heterocycles. The summed E-state index contributed by atoms with van der Waals surface area (Å²) in [6.45, 7) is 2.18. The Morgan fingerprint density at radius 3 is 2.81 bits per heavy atom. The summed E-state index contributed by atoms with van der Waals surface area (Å²) in [6.07, 6.45) is 5.67. The van der Waals surface area contributed by atoms with E-state index in [1.165, 1.54) is 12.3 Å². The third-order valence-electron chi connectivity index (χ3n) is 4.74. The Hall–Kier alpha value is -2.68. The molecule has 1 N–H and O–H groups in total. The molecular weight excluding hydrogens is 352 g/mol. The van der Waals surface area contributed by atoms with Crippen LogP contribution in [0.5, 0.6) is 0 Å². The summed E-state index contributed by atoms with van der Waals surface area (Å²) in [7, 11) is 0. The highest BCUT2D eigenvalue weighted by molar-refractivity contribution is 5.83. The Balaban J connectivity index is 1.56. The molecule has 27 heavy (non-hydrogen) atoms. The number of nitro benzene ring substituents is 1. The van der Waals surface area contributed by atoms with Crippen LogP contribution in [-0.2, 0) is 14.4 Å². The maximum Gasteiger partial charge on any atom is 0.293 e. The Morgan fingerprint density at radius 1 is 1.37 bits per heavy atom. The maximum atomic E-state index is 11.8. The molecule has 2 aliphatic rings. The smallest absolute Gasteiger partial charge is 0.293 e. The van der Waals surface area contributed by atoms with E-state index < -0.39 is 4.92 Å². The molecule has 1 saturated carbocycles. The fourth-order valence-corrected chi connectivity index (χ4v) is 3.37. The van der Waals surface area contributed by atoms with Crippen LogP contribution in [0.3, 0.4) is 0 Å². The van der Waals surface area contributed by atoms with Crippen LogP contribution >= 0.6 is 0 Å². The molecule has 9 nitrogen and oxygen atoms in total. The van der Waals surface area contributed by atoms with Gasteiger partial charge < -0.3 is 19.8 Å². The summed E-state index contributed by atoms with van der Waals surface area (Å²) in [5.41, 5.74) is 1.12. The lowest BCUT2D eigenvalue weighted by Gasteiger charge is -2.28. The van der Waals surface area contributed by atoms with Gasteiger partial charge >= 0.3 is 0 Å². The molecule has 1 heterocycles. The summed E-state index contributed by atoms with van der Waals surface area (Å²) < 4.78 is 5.29. The number of nitrogens with zero attached hydrogens (tertiary/aromatic N) is 3. The van der Waals surface area contributed by atoms with Crippen LogP contribution in [0.2, 0.25) is 0 Å². The van der Waals surface area contributed by atoms with E-state index in [-0.39, 0.29) is 24.2 Å². The first-order chi connectivity index (χ1) is 13.1. The number of anilines is 1. The molecule has 1 aliphatic carbocycles. The molecule has 0 bridgehead atoms. The number of carbonyl (C=O) groups excluding carboxylic acids is 1. The van der Waals surface area contributed by atoms with Crippen molar-refractivity contribution in [2.75, 3.05) is 37.8 Å². The number of hydrogen-bond donors (Lipinski definition) is 1. The van der Waals surface area contributed by atoms with E-state index in [4.69, 9.17) is 9.57 Å². The summed E-state index contributed by atoms with van der Waals surface area (Å²) >= 11 is 0. The highest BCUT2D eigenvalue weighted by Gasteiger charge is 2.21. The minimum Gasteiger partial charge on any atom is -0.386 e. The van der Waals surface area contributed by atoms with Crippen LogP contribution in [0.25, 0.3) is 0 Å². The topological polar surface area (TPSA) is 106 Å². The molecule has 2 fully saturated rings. The molecule has 1 amide bonds. The molecule has 0 spiro atoms. The van der Waals surface area contributed by atoms with Gasteiger partial charge in [0.25, 0.3) is 11.6 Å². The van der Waals surface area contributed by atoms with E-state index in [0.29, 0.717) is 37.6 Å². The Kier molecular flexibility index (Phi) is 6.59. The predicted octanol–water partition coefficient (Wildman–Crippen LogP) is 1.84. The number of nitrogens with one attached hydrogen (secondary N) is 1. The molecule has 0 unspecified atom stereocenters. The van der Waals surface area contributed by atoms with Crippen molar-refractivity contribution < 1.29 is 19.3 Å². The van der Waals surface area contributed by atoms with Gasteiger partial charge in [-0.1, -0.05) is 24.1 Å². The Labute approximate surface area is 157 Å². The number of morpholine rings is 1. The van der Waals surface area contributed by atoms with Crippen molar-refractivity contribution in [1.29, 1.82) is 0 Å². The number of ether oxygens (including phenoxy) is 1. The number of benzene rings is 1. The van der Waals surface area contributed by atoms with Gasteiger partial charge in [-0.25, -0.2) is 0 Å². The van der Waals surface area contributed by atoms with Gasteiger partial charge in [-0.05, 0) is 18.9 Å². The van der Waals surface area contributed by atoms with E-state index in [0.717, 1.165) is 25.7 Å². The number of hydrogen-bond acceptors (Lipinski definition) is 7. The lowest BCUT2D eigenvalue weighted by molar-refractivity contribution is -0.384. The molecule has 1 aliphatic heterocycles. The minimum absolute atomic E-state index is 0.0137. The third-order valence-corrected chi connectivity index (χ3v) is 4.74. The molecule has 9 heteroatoms. The van der Waals surface area contributed by atoms with Gasteiger partial charge in [0.15, 0.2) is 6.61 Å². The first-order valence-electron chi connectivity index (χ1n) is 9.19. The largest absolute Gasteiger partial charge is 0.386 e. The van der Waals surface area contributed by atoms with E-state index >= 15 is 0 Å². The first kappa shape index (κ1) is 19.1. The highest BCUT2D eigenvalue weighted by Crippen LogP contribution is 2.29. The van der Waals surface area contributed by atoms with E-state index in [1.54, 1.807) is 12.1 Å². The summed E-state index contributed by atoms with van der Waals surface area (Å²) in [6, 6.07) is 5.14. The number of nitro groups is 1. The first-order valence-corrected chi connectivity index (χ1v) is 9.19. The zero-order valence-corrected chi connectivity index (χ0v) is 15.1. The molecule has 0 aromatic heterocycles. The van der Waals surface area contributed by atoms with Gasteiger partial charge in [-0.3, -0.25) is 14.9 Å². The fraction of sp³-hybridized carbons (Fsp3) is 0.556. The number of amides is 1. The molecule has 1 aromatic carbocycles. The van der Waals surface area contributed by atoms with E-state index in [2.05, 4.69) is 10.5 Å². The molecule has 3 rings (SSSR count). The Morgan fingerprint density at radius 2 is 2.11 bits per heavy atom. The predicted molar refractivity (Wildman–Crippen MR) is 100 cm³/mol. The van der Waals surface area contributed by atoms with Gasteiger partial charge in [-0.2, -0.15) is 0 Å². The third kappa shape index (κ3) is 5.40. The van der Waals surface area contributed by atoms with Gasteiger partial charge in [0.05, 0.1) is 24.4 Å². The van der Waals surface area contributed by atoms with Crippen LogP contribution < -0.4 is 10.2 Å². The van der Waals surface area contributed by atoms with Crippen molar-refractivity contribution in [3.8, 4) is 0 Å². The zero-order valence-electron chi connectivity index (χ0n) is 15.1. The van der Waals surface area contributed by atoms with Crippen molar-refractivity contribution in [3.05, 3.63) is 33.9 Å². The molecular formula is C18H24N4O5. The minimum atomic E-state index is -0.405. The van der Waals surface area contributed by atoms with Gasteiger partial charge in [0.1, 0.15) is 5.69 Å². The van der Waals surface area contributed by atoms with Crippen molar-refractivity contribution in [2.45, 2.75) is 31.7 Å². The van der Waals surface area contributed by atoms with Gasteiger partial charge in [0, 0.05) is 30.8 Å². The maximum absolute atomic E-state index is 11.8. The van der Waals surface area contributed by atoms with Crippen LogP contribution in [0.1, 0.15) is 31.2 Å². The number of oxime groups is 1. The van der Waals surface area contributed by atoms with Crippen LogP contribution in [0.4, 0.5) is 11.4 Å². The van der Waals surface area contributed by atoms with Crippen molar-refractivity contribution in [3.63, 3.8) is 0 Å². The summed E-state index contributed by atoms with van der Waals surface area (Å²) in [5, 5.41) is 18.1. The lowest BCUT2D eigenvalue weighted by Crippen LogP contribution is -2.36. The van der Waals surface area contributed by atoms with Crippen molar-refractivity contribution in [2.24, 2.45) is 5.16 Å². The van der Waals surface area contributed by atoms with E-state index in [9.17, 15) is 14.9 Å². The fourth-order valence-electron chi connectivity index (χ4n) is 3.37. The average Bonchev–Trinajstić information content (AvgIpc) is 3.18. The zero-order chi connectivity index (χ0) is 19.1. The SMILES string of the molecule is O=C(CO/N=C\c1ccc(N2CCOCC2)c([N+](=O)[O-])c1)NC1CCCC1. The molecule has 0 radical (unpaired) electrons. The van der Waals surface area contributed by atoms with Gasteiger partial charge in [0.2, 0.25) is 0 Å². The second-order valence-electron chi connectivity index (χ2n) is 6.66. The Bertz CT molecular complexity index is 697. The van der Waals surface area contributed by atoms with E-state index in [1.807, 2.05) is 4.90 Å². The van der Waals surface area contributed by atoms with Crippen molar-refractivity contribution in [1.82, 2.24) is 5.32 Å². The standard InChI is InChI=1S/C18H24N4O5/c23-18(20-15-3-1-2-4-15)13-27-19-12-14-5-6-16(17(11-14)22(24)25)21-7-9-26-10-8-21/h5-6,11-12,15H,1-4,7-10,13H2,(H,20,23)/b19-12-. The monoisotopic (exact) mass is 376 g/mol. The summed E-state index contributed by atoms with van der Waals surface area (Å²) in [5.74, 6) is -0.201. The quantitative estimate of drug-likeness (QED) is 0.442. The molecule has 146 valence electrons. The lowest BCUT2D eigenvalue weighted by atomic mass is 10.1. The molecule has 1 aromatic rings. The van der Waals surface area contributed by atoms with Crippen LogP contribution in [0, 0.1) is 10.1 Å². The normalized spacial score (nSPS) is 18.0. The summed E-state index contributed by atoms with van der Waals surface area (Å²) in [4.78, 5) is 29.7. The second kappa shape index (κ2) is 9.31. The average molecular weight is 376 g/mol. The van der Waals surface area contributed by atoms with Crippen LogP contribution in [0.15, 0.2) is 23.4 Å². The number of carbonyl (C=O) groups is 1. The van der Waals surface area contributed by atoms with Crippen molar-refractivity contribution >= 4 is 23.5 Å².